The molecule has 0 bridgehead atoms. The number of nitrogens with one attached hydrogen (secondary N) is 1. The number of carbonyl (C=O) groups is 1. The zero-order valence-electron chi connectivity index (χ0n) is 15.1. The van der Waals surface area contributed by atoms with E-state index in [9.17, 15) is 4.79 Å². The summed E-state index contributed by atoms with van der Waals surface area (Å²) in [5, 5.41) is 8.85. The first kappa shape index (κ1) is 20.5. The molecular formula is C19H18Cl2N4O2S. The van der Waals surface area contributed by atoms with Crippen LogP contribution in [0.2, 0.25) is 10.0 Å². The van der Waals surface area contributed by atoms with Crippen LogP contribution in [-0.4, -0.2) is 51.9 Å². The number of carbonyl (C=O) groups excluding carboxylic acids is 1. The van der Waals surface area contributed by atoms with E-state index in [1.807, 2.05) is 12.1 Å². The Labute approximate surface area is 177 Å². The molecule has 9 heteroatoms. The Bertz CT molecular complexity index is 916. The second-order valence-electron chi connectivity index (χ2n) is 5.88. The lowest BCUT2D eigenvalue weighted by molar-refractivity contribution is -0.127. The van der Waals surface area contributed by atoms with Crippen molar-refractivity contribution in [1.82, 2.24) is 20.1 Å². The van der Waals surface area contributed by atoms with Crippen LogP contribution in [0.4, 0.5) is 0 Å². The smallest absolute Gasteiger partial charge is 0.232 e. The molecule has 0 aliphatic carbocycles. The van der Waals surface area contributed by atoms with Crippen molar-refractivity contribution in [3.8, 4) is 17.1 Å². The maximum absolute atomic E-state index is 12.3. The Kier molecular flexibility index (Phi) is 7.19. The van der Waals surface area contributed by atoms with Crippen molar-refractivity contribution in [2.24, 2.45) is 0 Å². The van der Waals surface area contributed by atoms with Crippen LogP contribution >= 0.6 is 35.0 Å². The summed E-state index contributed by atoms with van der Waals surface area (Å²) in [4.78, 5) is 18.3. The summed E-state index contributed by atoms with van der Waals surface area (Å²) in [6.45, 7) is 0.877. The minimum atomic E-state index is -0.0254. The van der Waals surface area contributed by atoms with Crippen molar-refractivity contribution in [2.45, 2.75) is 5.16 Å². The van der Waals surface area contributed by atoms with Crippen molar-refractivity contribution in [1.29, 1.82) is 0 Å². The van der Waals surface area contributed by atoms with Crippen LogP contribution in [0.5, 0.6) is 5.75 Å². The second kappa shape index (κ2) is 9.82. The molecule has 1 heterocycles. The molecule has 3 rings (SSSR count). The molecule has 0 fully saturated rings. The normalized spacial score (nSPS) is 10.7. The molecule has 0 saturated heterocycles. The average Bonchev–Trinajstić information content (AvgIpc) is 3.17. The van der Waals surface area contributed by atoms with E-state index in [1.165, 1.54) is 11.8 Å². The van der Waals surface area contributed by atoms with Gasteiger partial charge in [0, 0.05) is 22.7 Å². The monoisotopic (exact) mass is 436 g/mol. The van der Waals surface area contributed by atoms with Crippen molar-refractivity contribution in [3.63, 3.8) is 0 Å². The number of halogens is 2. The molecule has 0 saturated carbocycles. The quantitative estimate of drug-likeness (QED) is 0.529. The lowest BCUT2D eigenvalue weighted by atomic mass is 10.2. The summed E-state index contributed by atoms with van der Waals surface area (Å²) in [5.74, 6) is 1.57. The Hall–Kier alpha value is -2.22. The number of aromatic amines is 1. The van der Waals surface area contributed by atoms with Gasteiger partial charge in [-0.15, -0.1) is 5.10 Å². The predicted molar refractivity (Wildman–Crippen MR) is 112 cm³/mol. The van der Waals surface area contributed by atoms with Crippen LogP contribution in [0.3, 0.4) is 0 Å². The van der Waals surface area contributed by atoms with Crippen LogP contribution in [0.25, 0.3) is 11.4 Å². The van der Waals surface area contributed by atoms with Crippen molar-refractivity contribution in [3.05, 3.63) is 58.6 Å². The zero-order chi connectivity index (χ0) is 19.9. The SMILES string of the molecule is CN(CCOc1ccc(Cl)cc1)C(=O)CSc1n[nH]c(-c2ccc(Cl)cc2)n1. The molecule has 3 aromatic rings. The molecular weight excluding hydrogens is 419 g/mol. The number of hydrogen-bond donors (Lipinski definition) is 1. The molecule has 146 valence electrons. The number of likely N-dealkylation sites (N-methyl/N-ethyl adjacent to an activating group) is 1. The van der Waals surface area contributed by atoms with E-state index >= 15 is 0 Å². The number of thioether (sulfide) groups is 1. The van der Waals surface area contributed by atoms with E-state index < -0.39 is 0 Å². The maximum Gasteiger partial charge on any atom is 0.232 e. The number of benzene rings is 2. The molecule has 0 aliphatic heterocycles. The first-order chi connectivity index (χ1) is 13.5. The van der Waals surface area contributed by atoms with Crippen molar-refractivity contribution in [2.75, 3.05) is 26.0 Å². The van der Waals surface area contributed by atoms with Gasteiger partial charge in [-0.05, 0) is 48.5 Å². The molecule has 6 nitrogen and oxygen atoms in total. The van der Waals surface area contributed by atoms with Gasteiger partial charge in [0.15, 0.2) is 5.82 Å². The highest BCUT2D eigenvalue weighted by atomic mass is 35.5. The number of aromatic nitrogens is 3. The molecule has 1 N–H and O–H groups in total. The minimum absolute atomic E-state index is 0.0254. The summed E-state index contributed by atoms with van der Waals surface area (Å²) in [5.41, 5.74) is 0.881. The zero-order valence-corrected chi connectivity index (χ0v) is 17.4. The molecule has 0 aliphatic rings. The Morgan fingerprint density at radius 3 is 2.43 bits per heavy atom. The van der Waals surface area contributed by atoms with Crippen LogP contribution in [0.15, 0.2) is 53.7 Å². The highest BCUT2D eigenvalue weighted by molar-refractivity contribution is 7.99. The fraction of sp³-hybridized carbons (Fsp3) is 0.211. The van der Waals surface area contributed by atoms with Crippen molar-refractivity contribution >= 4 is 40.9 Å². The van der Waals surface area contributed by atoms with Gasteiger partial charge in [0.05, 0.1) is 12.3 Å². The average molecular weight is 437 g/mol. The van der Waals surface area contributed by atoms with Gasteiger partial charge in [0.2, 0.25) is 11.1 Å². The van der Waals surface area contributed by atoms with Gasteiger partial charge in [-0.1, -0.05) is 35.0 Å². The highest BCUT2D eigenvalue weighted by Gasteiger charge is 2.12. The van der Waals surface area contributed by atoms with Gasteiger partial charge in [-0.2, -0.15) is 0 Å². The van der Waals surface area contributed by atoms with E-state index in [0.29, 0.717) is 34.2 Å². The van der Waals surface area contributed by atoms with Gasteiger partial charge in [-0.3, -0.25) is 9.89 Å². The number of H-pyrrole nitrogens is 1. The third-order valence-electron chi connectivity index (χ3n) is 3.84. The Morgan fingerprint density at radius 1 is 1.11 bits per heavy atom. The van der Waals surface area contributed by atoms with E-state index in [0.717, 1.165) is 11.3 Å². The summed E-state index contributed by atoms with van der Waals surface area (Å²) in [7, 11) is 1.74. The number of rotatable bonds is 8. The summed E-state index contributed by atoms with van der Waals surface area (Å²) < 4.78 is 5.61. The topological polar surface area (TPSA) is 71.1 Å². The lowest BCUT2D eigenvalue weighted by Crippen LogP contribution is -2.32. The predicted octanol–water partition coefficient (Wildman–Crippen LogP) is 4.41. The van der Waals surface area contributed by atoms with Crippen LogP contribution in [0, 0.1) is 0 Å². The van der Waals surface area contributed by atoms with Gasteiger partial charge in [0.1, 0.15) is 12.4 Å². The fourth-order valence-electron chi connectivity index (χ4n) is 2.24. The van der Waals surface area contributed by atoms with E-state index in [1.54, 1.807) is 48.3 Å². The molecule has 0 radical (unpaired) electrons. The van der Waals surface area contributed by atoms with Crippen LogP contribution in [0.1, 0.15) is 0 Å². The molecule has 1 aromatic heterocycles. The second-order valence-corrected chi connectivity index (χ2v) is 7.70. The Morgan fingerprint density at radius 2 is 1.75 bits per heavy atom. The molecule has 0 spiro atoms. The van der Waals surface area contributed by atoms with Gasteiger partial charge < -0.3 is 9.64 Å². The maximum atomic E-state index is 12.3. The van der Waals surface area contributed by atoms with Crippen LogP contribution < -0.4 is 4.74 Å². The first-order valence-corrected chi connectivity index (χ1v) is 10.2. The summed E-state index contributed by atoms with van der Waals surface area (Å²) in [6.07, 6.45) is 0. The number of amides is 1. The van der Waals surface area contributed by atoms with Crippen molar-refractivity contribution < 1.29 is 9.53 Å². The lowest BCUT2D eigenvalue weighted by Gasteiger charge is -2.17. The standard InChI is InChI=1S/C19H18Cl2N4O2S/c1-25(10-11-27-16-8-6-15(21)7-9-16)17(26)12-28-19-22-18(23-24-19)13-2-4-14(20)5-3-13/h2-9H,10-12H2,1H3,(H,22,23,24). The number of ether oxygens (including phenoxy) is 1. The fourth-order valence-corrected chi connectivity index (χ4v) is 3.23. The van der Waals surface area contributed by atoms with Gasteiger partial charge >= 0.3 is 0 Å². The van der Waals surface area contributed by atoms with Crippen LogP contribution in [-0.2, 0) is 4.79 Å². The largest absolute Gasteiger partial charge is 0.492 e. The van der Waals surface area contributed by atoms with Gasteiger partial charge in [-0.25, -0.2) is 4.98 Å². The summed E-state index contributed by atoms with van der Waals surface area (Å²) in [6, 6.07) is 14.4. The molecule has 1 amide bonds. The Balaban J connectivity index is 1.43. The third kappa shape index (κ3) is 5.89. The number of hydrogen-bond acceptors (Lipinski definition) is 5. The minimum Gasteiger partial charge on any atom is -0.492 e. The molecule has 0 unspecified atom stereocenters. The van der Waals surface area contributed by atoms with Gasteiger partial charge in [0.25, 0.3) is 0 Å². The van der Waals surface area contributed by atoms with E-state index in [4.69, 9.17) is 27.9 Å². The number of nitrogens with zero attached hydrogens (tertiary/aromatic N) is 3. The highest BCUT2D eigenvalue weighted by Crippen LogP contribution is 2.21. The molecule has 0 atom stereocenters. The molecule has 2 aromatic carbocycles. The summed E-state index contributed by atoms with van der Waals surface area (Å²) >= 11 is 13.0. The molecule has 28 heavy (non-hydrogen) atoms. The third-order valence-corrected chi connectivity index (χ3v) is 5.18. The van der Waals surface area contributed by atoms with E-state index in [2.05, 4.69) is 15.2 Å². The first-order valence-electron chi connectivity index (χ1n) is 8.45. The van der Waals surface area contributed by atoms with E-state index in [-0.39, 0.29) is 11.7 Å².